The molecule has 0 unspecified atom stereocenters. The normalized spacial score (nSPS) is 9.85. The molecule has 0 amide bonds. The van der Waals surface area contributed by atoms with Crippen molar-refractivity contribution in [2.75, 3.05) is 0 Å². The van der Waals surface area contributed by atoms with E-state index in [0.717, 1.165) is 0 Å². The molecule has 0 aliphatic carbocycles. The molecular weight excluding hydrogens is 282 g/mol. The van der Waals surface area contributed by atoms with E-state index in [2.05, 4.69) is 4.98 Å². The van der Waals surface area contributed by atoms with Gasteiger partial charge in [-0.2, -0.15) is 5.26 Å². The zero-order chi connectivity index (χ0) is 14.7. The number of pyridine rings is 1. The first-order chi connectivity index (χ1) is 9.52. The fourth-order valence-corrected chi connectivity index (χ4v) is 1.69. The first kappa shape index (κ1) is 13.8. The van der Waals surface area contributed by atoms with Crippen molar-refractivity contribution in [3.8, 4) is 17.7 Å². The van der Waals surface area contributed by atoms with Gasteiger partial charge in [-0.05, 0) is 24.6 Å². The Morgan fingerprint density at radius 1 is 1.45 bits per heavy atom. The van der Waals surface area contributed by atoms with Crippen LogP contribution >= 0.6 is 11.6 Å². The maximum Gasteiger partial charge on any atom is 0.273 e. The van der Waals surface area contributed by atoms with E-state index in [4.69, 9.17) is 21.6 Å². The SMILES string of the molecule is Cc1ccc([N+](=O)[O-])cc1Oc1nccc(C#N)c1Cl. The minimum atomic E-state index is -0.521. The second-order valence-electron chi connectivity index (χ2n) is 3.90. The molecule has 1 aromatic heterocycles. The predicted octanol–water partition coefficient (Wildman–Crippen LogP) is 3.62. The van der Waals surface area contributed by atoms with Gasteiger partial charge in [-0.1, -0.05) is 11.6 Å². The van der Waals surface area contributed by atoms with Crippen molar-refractivity contribution < 1.29 is 9.66 Å². The lowest BCUT2D eigenvalue weighted by molar-refractivity contribution is -0.384. The number of hydrogen-bond donors (Lipinski definition) is 0. The Morgan fingerprint density at radius 2 is 2.20 bits per heavy atom. The van der Waals surface area contributed by atoms with Crippen molar-refractivity contribution in [3.63, 3.8) is 0 Å². The summed E-state index contributed by atoms with van der Waals surface area (Å²) in [6.45, 7) is 1.74. The molecule has 0 aliphatic rings. The Bertz CT molecular complexity index is 725. The highest BCUT2D eigenvalue weighted by molar-refractivity contribution is 6.33. The fraction of sp³-hybridized carbons (Fsp3) is 0.0769. The van der Waals surface area contributed by atoms with Crippen molar-refractivity contribution in [1.29, 1.82) is 5.26 Å². The second kappa shape index (κ2) is 5.55. The van der Waals surface area contributed by atoms with Gasteiger partial charge in [0.15, 0.2) is 0 Å². The minimum absolute atomic E-state index is 0.0364. The molecule has 0 saturated carbocycles. The van der Waals surface area contributed by atoms with Crippen molar-refractivity contribution >= 4 is 17.3 Å². The molecule has 0 N–H and O–H groups in total. The summed E-state index contributed by atoms with van der Waals surface area (Å²) in [5.41, 5.74) is 0.814. The lowest BCUT2D eigenvalue weighted by atomic mass is 10.2. The Morgan fingerprint density at radius 3 is 2.85 bits per heavy atom. The van der Waals surface area contributed by atoms with Gasteiger partial charge in [0.2, 0.25) is 5.88 Å². The number of nitriles is 1. The molecule has 0 saturated heterocycles. The van der Waals surface area contributed by atoms with Gasteiger partial charge in [-0.25, -0.2) is 4.98 Å². The third-order valence-corrected chi connectivity index (χ3v) is 2.93. The van der Waals surface area contributed by atoms with Gasteiger partial charge in [-0.3, -0.25) is 10.1 Å². The summed E-state index contributed by atoms with van der Waals surface area (Å²) >= 11 is 5.97. The van der Waals surface area contributed by atoms with E-state index in [1.165, 1.54) is 24.4 Å². The van der Waals surface area contributed by atoms with Crippen molar-refractivity contribution in [2.24, 2.45) is 0 Å². The molecule has 0 aliphatic heterocycles. The topological polar surface area (TPSA) is 89.1 Å². The molecule has 1 aromatic carbocycles. The molecule has 0 fully saturated rings. The van der Waals surface area contributed by atoms with Crippen LogP contribution in [0.15, 0.2) is 30.5 Å². The third kappa shape index (κ3) is 2.68. The molecule has 0 bridgehead atoms. The van der Waals surface area contributed by atoms with Gasteiger partial charge >= 0.3 is 0 Å². The van der Waals surface area contributed by atoms with Crippen LogP contribution in [-0.2, 0) is 0 Å². The Kier molecular flexibility index (Phi) is 3.82. The van der Waals surface area contributed by atoms with E-state index in [1.807, 2.05) is 6.07 Å². The molecule has 20 heavy (non-hydrogen) atoms. The van der Waals surface area contributed by atoms with Crippen molar-refractivity contribution in [3.05, 3.63) is 56.7 Å². The maximum absolute atomic E-state index is 10.7. The monoisotopic (exact) mass is 289 g/mol. The zero-order valence-electron chi connectivity index (χ0n) is 10.3. The first-order valence-electron chi connectivity index (χ1n) is 5.50. The van der Waals surface area contributed by atoms with Gasteiger partial charge in [0.25, 0.3) is 5.69 Å². The van der Waals surface area contributed by atoms with Crippen LogP contribution in [0, 0.1) is 28.4 Å². The molecule has 1 heterocycles. The van der Waals surface area contributed by atoms with Crippen LogP contribution < -0.4 is 4.74 Å². The van der Waals surface area contributed by atoms with E-state index < -0.39 is 4.92 Å². The summed E-state index contributed by atoms with van der Waals surface area (Å²) in [7, 11) is 0. The fourth-order valence-electron chi connectivity index (χ4n) is 1.50. The van der Waals surface area contributed by atoms with Gasteiger partial charge < -0.3 is 4.74 Å². The van der Waals surface area contributed by atoms with Crippen LogP contribution in [0.25, 0.3) is 0 Å². The average Bonchev–Trinajstić information content (AvgIpc) is 2.43. The zero-order valence-corrected chi connectivity index (χ0v) is 11.1. The molecule has 7 heteroatoms. The second-order valence-corrected chi connectivity index (χ2v) is 4.28. The smallest absolute Gasteiger partial charge is 0.273 e. The maximum atomic E-state index is 10.7. The van der Waals surface area contributed by atoms with Crippen LogP contribution in [-0.4, -0.2) is 9.91 Å². The molecule has 2 aromatic rings. The quantitative estimate of drug-likeness (QED) is 0.636. The van der Waals surface area contributed by atoms with E-state index in [9.17, 15) is 10.1 Å². The Labute approximate surface area is 119 Å². The number of hydrogen-bond acceptors (Lipinski definition) is 5. The number of nitro groups is 1. The predicted molar refractivity (Wildman–Crippen MR) is 71.9 cm³/mol. The summed E-state index contributed by atoms with van der Waals surface area (Å²) in [4.78, 5) is 14.2. The summed E-state index contributed by atoms with van der Waals surface area (Å²) in [5, 5.41) is 19.7. The number of rotatable bonds is 3. The summed E-state index contributed by atoms with van der Waals surface area (Å²) < 4.78 is 5.47. The number of nitrogens with zero attached hydrogens (tertiary/aromatic N) is 3. The molecule has 0 atom stereocenters. The van der Waals surface area contributed by atoms with E-state index in [1.54, 1.807) is 13.0 Å². The molecular formula is C13H8ClN3O3. The molecule has 0 radical (unpaired) electrons. The Balaban J connectivity index is 2.43. The average molecular weight is 290 g/mol. The molecule has 0 spiro atoms. The highest BCUT2D eigenvalue weighted by atomic mass is 35.5. The highest BCUT2D eigenvalue weighted by Crippen LogP contribution is 2.32. The largest absolute Gasteiger partial charge is 0.437 e. The standard InChI is InChI=1S/C13H8ClN3O3/c1-8-2-3-10(17(18)19)6-11(8)20-13-12(14)9(7-15)4-5-16-13/h2-6H,1H3. The lowest BCUT2D eigenvalue weighted by Crippen LogP contribution is -1.95. The van der Waals surface area contributed by atoms with Crippen LogP contribution in [0.3, 0.4) is 0 Å². The number of halogens is 1. The Hall–Kier alpha value is -2.65. The van der Waals surface area contributed by atoms with E-state index in [0.29, 0.717) is 5.56 Å². The van der Waals surface area contributed by atoms with Crippen molar-refractivity contribution in [1.82, 2.24) is 4.98 Å². The lowest BCUT2D eigenvalue weighted by Gasteiger charge is -2.09. The van der Waals surface area contributed by atoms with Gasteiger partial charge in [-0.15, -0.1) is 0 Å². The minimum Gasteiger partial charge on any atom is -0.437 e. The summed E-state index contributed by atoms with van der Waals surface area (Å²) in [6.07, 6.45) is 1.38. The van der Waals surface area contributed by atoms with E-state index in [-0.39, 0.29) is 27.9 Å². The number of aryl methyl sites for hydroxylation is 1. The number of nitro benzene ring substituents is 1. The summed E-state index contributed by atoms with van der Waals surface area (Å²) in [5.74, 6) is 0.304. The van der Waals surface area contributed by atoms with Gasteiger partial charge in [0, 0.05) is 12.3 Å². The van der Waals surface area contributed by atoms with E-state index >= 15 is 0 Å². The van der Waals surface area contributed by atoms with Crippen LogP contribution in [0.5, 0.6) is 11.6 Å². The molecule has 6 nitrogen and oxygen atoms in total. The van der Waals surface area contributed by atoms with Crippen LogP contribution in [0.2, 0.25) is 5.02 Å². The first-order valence-corrected chi connectivity index (χ1v) is 5.88. The molecule has 100 valence electrons. The van der Waals surface area contributed by atoms with Crippen LogP contribution in [0.4, 0.5) is 5.69 Å². The highest BCUT2D eigenvalue weighted by Gasteiger charge is 2.14. The number of benzene rings is 1. The van der Waals surface area contributed by atoms with Gasteiger partial charge in [0.05, 0.1) is 16.6 Å². The van der Waals surface area contributed by atoms with Gasteiger partial charge in [0.1, 0.15) is 16.8 Å². The number of aromatic nitrogens is 1. The van der Waals surface area contributed by atoms with Crippen LogP contribution in [0.1, 0.15) is 11.1 Å². The summed E-state index contributed by atoms with van der Waals surface area (Å²) in [6, 6.07) is 7.59. The van der Waals surface area contributed by atoms with Crippen molar-refractivity contribution in [2.45, 2.75) is 6.92 Å². The molecule has 2 rings (SSSR count). The number of non-ortho nitro benzene ring substituents is 1. The third-order valence-electron chi connectivity index (χ3n) is 2.57. The number of ether oxygens (including phenoxy) is 1.